The summed E-state index contributed by atoms with van der Waals surface area (Å²) in [5.41, 5.74) is 26.2. The number of rotatable bonds is 29. The number of hydrogen-bond acceptors (Lipinski definition) is 14. The van der Waals surface area contributed by atoms with Gasteiger partial charge >= 0.3 is 0 Å². The number of hydrogen-bond donors (Lipinski definition) is 14. The highest BCUT2D eigenvalue weighted by atomic mass is 32.1. The molecule has 27 heteroatoms. The molecule has 3 aliphatic rings. The molecule has 1 heterocycles. The molecule has 25 nitrogen and oxygen atoms in total. The van der Waals surface area contributed by atoms with Gasteiger partial charge < -0.3 is 70.8 Å². The van der Waals surface area contributed by atoms with Crippen molar-refractivity contribution in [3.63, 3.8) is 0 Å². The Morgan fingerprint density at radius 3 is 1.86 bits per heavy atom. The predicted octanol–water partition coefficient (Wildman–Crippen LogP) is -2.79. The van der Waals surface area contributed by atoms with E-state index in [0.29, 0.717) is 37.7 Å². The van der Waals surface area contributed by atoms with Crippen LogP contribution in [-0.2, 0) is 59.2 Å². The van der Waals surface area contributed by atoms with Gasteiger partial charge in [-0.1, -0.05) is 68.9 Å². The van der Waals surface area contributed by atoms with E-state index in [2.05, 4.69) is 54.8 Å². The second-order valence-corrected chi connectivity index (χ2v) is 21.1. The van der Waals surface area contributed by atoms with Gasteiger partial charge in [0.15, 0.2) is 5.96 Å². The summed E-state index contributed by atoms with van der Waals surface area (Å²) < 4.78 is -0.507. The molecule has 2 saturated carbocycles. The first kappa shape index (κ1) is 61.9. The van der Waals surface area contributed by atoms with Gasteiger partial charge in [0, 0.05) is 42.9 Å². The van der Waals surface area contributed by atoms with Crippen LogP contribution in [0.25, 0.3) is 0 Å². The van der Waals surface area contributed by atoms with Crippen molar-refractivity contribution in [2.45, 2.75) is 169 Å². The number of guanidine groups is 1. The lowest BCUT2D eigenvalue weighted by atomic mass is 9.79. The van der Waals surface area contributed by atoms with E-state index in [4.69, 9.17) is 41.3 Å². The van der Waals surface area contributed by atoms with Crippen LogP contribution in [0.4, 0.5) is 0 Å². The fourth-order valence-corrected chi connectivity index (χ4v) is 10.4. The highest BCUT2D eigenvalue weighted by Crippen LogP contribution is 2.37. The van der Waals surface area contributed by atoms with Crippen molar-refractivity contribution in [2.75, 3.05) is 25.4 Å². The zero-order valence-corrected chi connectivity index (χ0v) is 44.6. The van der Waals surface area contributed by atoms with Crippen LogP contribution in [0.2, 0.25) is 0 Å². The smallest absolute Gasteiger partial charge is 0.246 e. The average Bonchev–Trinajstić information content (AvgIpc) is 3.87. The molecule has 1 saturated heterocycles. The molecule has 2 aliphatic carbocycles. The maximum atomic E-state index is 14.5. The predicted molar refractivity (Wildman–Crippen MR) is 286 cm³/mol. The van der Waals surface area contributed by atoms with Gasteiger partial charge in [0.25, 0.3) is 0 Å². The molecule has 1 aromatic rings. The molecule has 0 unspecified atom stereocenters. The van der Waals surface area contributed by atoms with Crippen LogP contribution in [0.1, 0.15) is 121 Å². The molecule has 0 radical (unpaired) electrons. The van der Waals surface area contributed by atoms with Crippen molar-refractivity contribution < 1.29 is 52.7 Å². The summed E-state index contributed by atoms with van der Waals surface area (Å²) in [6, 6.07) is 0.268. The fraction of sp³-hybridized carbons (Fsp3) is 0.633. The van der Waals surface area contributed by atoms with E-state index in [9.17, 15) is 52.7 Å². The van der Waals surface area contributed by atoms with E-state index in [1.54, 1.807) is 30.3 Å². The Balaban J connectivity index is 1.52. The number of carbonyl (C=O) groups is 11. The van der Waals surface area contributed by atoms with Crippen LogP contribution in [0.3, 0.4) is 0 Å². The van der Waals surface area contributed by atoms with E-state index < -0.39 is 131 Å². The number of benzene rings is 1. The van der Waals surface area contributed by atoms with Crippen molar-refractivity contribution in [3.8, 4) is 0 Å². The Morgan fingerprint density at radius 2 is 1.25 bits per heavy atom. The van der Waals surface area contributed by atoms with E-state index in [1.807, 2.05) is 0 Å². The van der Waals surface area contributed by atoms with E-state index in [-0.39, 0.29) is 62.8 Å². The normalized spacial score (nSPS) is 18.6. The third-order valence-electron chi connectivity index (χ3n) is 13.7. The summed E-state index contributed by atoms with van der Waals surface area (Å²) in [7, 11) is 0. The molecule has 0 aromatic heterocycles. The Kier molecular flexibility index (Phi) is 24.6. The number of amides is 11. The monoisotopic (exact) mass is 1100 g/mol. The van der Waals surface area contributed by atoms with Crippen molar-refractivity contribution >= 4 is 96.2 Å². The summed E-state index contributed by atoms with van der Waals surface area (Å²) in [5.74, 6) is -9.36. The quantitative estimate of drug-likeness (QED) is 0.0167. The maximum absolute atomic E-state index is 14.5. The Bertz CT molecular complexity index is 2280. The van der Waals surface area contributed by atoms with Gasteiger partial charge in [-0.05, 0) is 63.4 Å². The molecule has 11 amide bonds. The van der Waals surface area contributed by atoms with Gasteiger partial charge in [-0.2, -0.15) is 25.3 Å². The van der Waals surface area contributed by atoms with Crippen molar-refractivity contribution in [1.29, 1.82) is 0 Å². The van der Waals surface area contributed by atoms with Crippen LogP contribution >= 0.6 is 25.3 Å². The first-order valence-corrected chi connectivity index (χ1v) is 26.8. The molecule has 420 valence electrons. The molecule has 1 aliphatic heterocycles. The summed E-state index contributed by atoms with van der Waals surface area (Å²) in [5, 5.41) is 18.3. The largest absolute Gasteiger partial charge is 0.370 e. The molecular formula is C49H76N14O11S2. The van der Waals surface area contributed by atoms with Gasteiger partial charge in [0.2, 0.25) is 65.0 Å². The van der Waals surface area contributed by atoms with Gasteiger partial charge in [0.1, 0.15) is 41.8 Å². The van der Waals surface area contributed by atoms with Crippen LogP contribution in [0, 0.1) is 0 Å². The van der Waals surface area contributed by atoms with Gasteiger partial charge in [0.05, 0.1) is 13.0 Å². The Hall–Kier alpha value is -6.64. The Morgan fingerprint density at radius 1 is 0.658 bits per heavy atom. The average molecular weight is 1100 g/mol. The zero-order valence-electron chi connectivity index (χ0n) is 42.8. The molecule has 17 N–H and O–H groups in total. The van der Waals surface area contributed by atoms with Gasteiger partial charge in [-0.25, -0.2) is 0 Å². The van der Waals surface area contributed by atoms with Crippen molar-refractivity contribution in [2.24, 2.45) is 33.7 Å². The summed E-state index contributed by atoms with van der Waals surface area (Å²) in [4.78, 5) is 152. The first-order chi connectivity index (χ1) is 36.0. The first-order valence-electron chi connectivity index (χ1n) is 25.7. The summed E-state index contributed by atoms with van der Waals surface area (Å²) in [6.07, 6.45) is 6.42. The second kappa shape index (κ2) is 30.2. The minimum absolute atomic E-state index is 0.0349. The number of primary amides is 3. The van der Waals surface area contributed by atoms with Crippen molar-refractivity contribution in [3.05, 3.63) is 35.9 Å². The number of aliphatic imine (C=N–C) groups is 1. The van der Waals surface area contributed by atoms with Crippen LogP contribution in [-0.4, -0.2) is 148 Å². The third-order valence-corrected chi connectivity index (χ3v) is 14.7. The highest BCUT2D eigenvalue weighted by Gasteiger charge is 2.45. The molecule has 6 atom stereocenters. The lowest BCUT2D eigenvalue weighted by molar-refractivity contribution is -0.142. The number of likely N-dealkylation sites (tertiary alicyclic amines) is 1. The van der Waals surface area contributed by atoms with Gasteiger partial charge in [-0.15, -0.1) is 0 Å². The number of nitrogens with two attached hydrogens (primary N) is 5. The third kappa shape index (κ3) is 19.8. The van der Waals surface area contributed by atoms with E-state index in [0.717, 1.165) is 38.5 Å². The topological polar surface area (TPSA) is 418 Å². The zero-order chi connectivity index (χ0) is 56.0. The summed E-state index contributed by atoms with van der Waals surface area (Å²) in [6.45, 7) is -0.335. The fourth-order valence-electron chi connectivity index (χ4n) is 9.73. The molecule has 0 spiro atoms. The van der Waals surface area contributed by atoms with Gasteiger partial charge in [-0.3, -0.25) is 57.7 Å². The standard InChI is InChI=1S/C49H76N14O11S2/c50-36(64)17-16-31(57-42(70)32(24-29-12-4-1-5-13-29)61-46(74)49(20-8-3-9-21-49)62-39(67)26-48(76)18-6-2-7-19-48)41(69)59-33(25-37(51)65)43(71)60-34(28-75)45(73)63-23-11-15-35(63)44(72)58-30(14-10-22-55-47(53)54)40(68)56-27-38(52)66/h1,4-5,12-13,30-35,75-76H,2-3,6-11,14-28H2,(H2,50,64)(H2,51,65)(H2,52,66)(H,56,68)(H,57,70)(H,58,72)(H,59,69)(H,60,71)(H,61,74)(H,62,67)(H4,53,54,55)/t30-,31-,32-,33-,34-,35-/m0/s1. The van der Waals surface area contributed by atoms with Crippen LogP contribution < -0.4 is 65.9 Å². The molecule has 4 rings (SSSR count). The molecule has 3 fully saturated rings. The molecule has 0 bridgehead atoms. The molecule has 76 heavy (non-hydrogen) atoms. The minimum atomic E-state index is -1.76. The molecule has 1 aromatic carbocycles. The highest BCUT2D eigenvalue weighted by molar-refractivity contribution is 7.81. The molecular weight excluding hydrogens is 1020 g/mol. The van der Waals surface area contributed by atoms with Crippen LogP contribution in [0.5, 0.6) is 0 Å². The second-order valence-electron chi connectivity index (χ2n) is 19.8. The van der Waals surface area contributed by atoms with Crippen molar-refractivity contribution in [1.82, 2.24) is 42.1 Å². The number of carbonyl (C=O) groups excluding carboxylic acids is 11. The lowest BCUT2D eigenvalue weighted by Crippen LogP contribution is -2.64. The lowest BCUT2D eigenvalue weighted by Gasteiger charge is -2.39. The van der Waals surface area contributed by atoms with E-state index >= 15 is 0 Å². The number of nitrogens with zero attached hydrogens (tertiary/aromatic N) is 2. The number of nitrogens with one attached hydrogen (secondary N) is 7. The Labute approximate surface area is 452 Å². The van der Waals surface area contributed by atoms with Crippen LogP contribution in [0.15, 0.2) is 35.3 Å². The SMILES string of the molecule is NC(=O)CC[C@H](NC(=O)[C@H](Cc1ccccc1)NC(=O)C1(NC(=O)CC2(S)CCCCC2)CCCCC1)C(=O)N[C@@H](CC(N)=O)C(=O)N[C@@H](CS)C(=O)N1CCC[C@H]1C(=O)N[C@@H](CCCN=C(N)N)C(=O)NCC(N)=O. The maximum Gasteiger partial charge on any atom is 0.246 e. The summed E-state index contributed by atoms with van der Waals surface area (Å²) >= 11 is 9.13. The number of thiol groups is 2. The van der Waals surface area contributed by atoms with E-state index in [1.165, 1.54) is 4.90 Å². The minimum Gasteiger partial charge on any atom is -0.370 e.